The number of hydrogen-bond acceptors (Lipinski definition) is 4. The first-order chi connectivity index (χ1) is 16.2. The second-order valence-corrected chi connectivity index (χ2v) is 9.05. The highest BCUT2D eigenvalue weighted by Gasteiger charge is 2.43. The number of rotatable bonds is 6. The van der Waals surface area contributed by atoms with Gasteiger partial charge in [0.25, 0.3) is 0 Å². The number of methoxy groups -OCH3 is 2. The molecule has 0 unspecified atom stereocenters. The SMILES string of the molecule is COc1ccc(N2C(=S)N[C@H](c3ccccn3)[C@@H]2c2cccn2C2CCCCC2)c(OC)c1. The Hall–Kier alpha value is -3.06. The number of aromatic nitrogens is 2. The van der Waals surface area contributed by atoms with Crippen molar-refractivity contribution >= 4 is 23.0 Å². The lowest BCUT2D eigenvalue weighted by Gasteiger charge is -2.33. The molecule has 1 saturated heterocycles. The maximum Gasteiger partial charge on any atom is 0.174 e. The third-order valence-electron chi connectivity index (χ3n) is 6.83. The maximum absolute atomic E-state index is 5.91. The molecule has 2 aromatic heterocycles. The number of pyridine rings is 1. The standard InChI is InChI=1S/C26H30N4O2S/c1-31-19-13-14-21(23(17-19)32-2)30-25(24(28-26(30)33)20-11-6-7-15-27-20)22-12-8-16-29(22)18-9-4-3-5-10-18/h6-8,11-18,24-25H,3-5,9-10H2,1-2H3,(H,28,33)/t24-,25+/m1/s1. The van der Waals surface area contributed by atoms with Crippen LogP contribution in [0.25, 0.3) is 0 Å². The van der Waals surface area contributed by atoms with Crippen LogP contribution in [0.4, 0.5) is 5.69 Å². The molecule has 2 aliphatic rings. The number of thiocarbonyl (C=S) groups is 1. The topological polar surface area (TPSA) is 51.5 Å². The van der Waals surface area contributed by atoms with Crippen molar-refractivity contribution in [2.24, 2.45) is 0 Å². The van der Waals surface area contributed by atoms with Crippen LogP contribution >= 0.6 is 12.2 Å². The molecular formula is C26H30N4O2S. The van der Waals surface area contributed by atoms with Crippen LogP contribution in [-0.2, 0) is 0 Å². The van der Waals surface area contributed by atoms with Gasteiger partial charge in [0.15, 0.2) is 5.11 Å². The van der Waals surface area contributed by atoms with Crippen LogP contribution in [-0.4, -0.2) is 28.9 Å². The predicted molar refractivity (Wildman–Crippen MR) is 134 cm³/mol. The predicted octanol–water partition coefficient (Wildman–Crippen LogP) is 5.58. The van der Waals surface area contributed by atoms with Crippen molar-refractivity contribution in [1.82, 2.24) is 14.9 Å². The summed E-state index contributed by atoms with van der Waals surface area (Å²) in [6.45, 7) is 0. The minimum absolute atomic E-state index is 0.0633. The number of nitrogens with zero attached hydrogens (tertiary/aromatic N) is 3. The molecule has 1 aliphatic heterocycles. The van der Waals surface area contributed by atoms with Gasteiger partial charge >= 0.3 is 0 Å². The molecule has 3 aromatic rings. The fourth-order valence-electron chi connectivity index (χ4n) is 5.25. The highest BCUT2D eigenvalue weighted by Crippen LogP contribution is 2.46. The minimum atomic E-state index is -0.0808. The summed E-state index contributed by atoms with van der Waals surface area (Å²) in [6, 6.07) is 16.7. The zero-order valence-electron chi connectivity index (χ0n) is 19.1. The first-order valence-electron chi connectivity index (χ1n) is 11.6. The van der Waals surface area contributed by atoms with Gasteiger partial charge in [-0.05, 0) is 61.5 Å². The van der Waals surface area contributed by atoms with Crippen molar-refractivity contribution in [3.63, 3.8) is 0 Å². The summed E-state index contributed by atoms with van der Waals surface area (Å²) < 4.78 is 13.7. The second kappa shape index (κ2) is 9.43. The molecule has 0 radical (unpaired) electrons. The molecule has 1 aromatic carbocycles. The molecule has 5 rings (SSSR count). The van der Waals surface area contributed by atoms with Crippen molar-refractivity contribution in [1.29, 1.82) is 0 Å². The molecule has 7 heteroatoms. The number of ether oxygens (including phenoxy) is 2. The Kier molecular flexibility index (Phi) is 6.22. The van der Waals surface area contributed by atoms with E-state index < -0.39 is 0 Å². The lowest BCUT2D eigenvalue weighted by molar-refractivity contribution is 0.339. The molecule has 0 bridgehead atoms. The van der Waals surface area contributed by atoms with Crippen LogP contribution in [0.1, 0.15) is 61.6 Å². The van der Waals surface area contributed by atoms with E-state index in [4.69, 9.17) is 21.7 Å². The second-order valence-electron chi connectivity index (χ2n) is 8.67. The van der Waals surface area contributed by atoms with E-state index in [2.05, 4.69) is 44.2 Å². The number of nitrogens with one attached hydrogen (secondary N) is 1. The van der Waals surface area contributed by atoms with Gasteiger partial charge in [-0.15, -0.1) is 0 Å². The summed E-state index contributed by atoms with van der Waals surface area (Å²) in [4.78, 5) is 6.87. The molecule has 172 valence electrons. The third-order valence-corrected chi connectivity index (χ3v) is 7.14. The first-order valence-corrected chi connectivity index (χ1v) is 12.0. The summed E-state index contributed by atoms with van der Waals surface area (Å²) >= 11 is 5.91. The summed E-state index contributed by atoms with van der Waals surface area (Å²) in [5, 5.41) is 4.22. The highest BCUT2D eigenvalue weighted by molar-refractivity contribution is 7.80. The van der Waals surface area contributed by atoms with Crippen molar-refractivity contribution in [3.8, 4) is 11.5 Å². The largest absolute Gasteiger partial charge is 0.497 e. The van der Waals surface area contributed by atoms with Crippen LogP contribution in [0.3, 0.4) is 0 Å². The fraction of sp³-hybridized carbons (Fsp3) is 0.385. The van der Waals surface area contributed by atoms with Crippen molar-refractivity contribution in [2.75, 3.05) is 19.1 Å². The molecule has 3 heterocycles. The quantitative estimate of drug-likeness (QED) is 0.483. The van der Waals surface area contributed by atoms with E-state index in [1.165, 1.54) is 37.8 Å². The molecular weight excluding hydrogens is 432 g/mol. The number of benzene rings is 1. The Morgan fingerprint density at radius 1 is 1.00 bits per heavy atom. The molecule has 6 nitrogen and oxygen atoms in total. The molecule has 2 atom stereocenters. The highest BCUT2D eigenvalue weighted by atomic mass is 32.1. The van der Waals surface area contributed by atoms with Gasteiger partial charge in [0, 0.05) is 30.2 Å². The Balaban J connectivity index is 1.63. The smallest absolute Gasteiger partial charge is 0.174 e. The summed E-state index contributed by atoms with van der Waals surface area (Å²) in [5.41, 5.74) is 3.12. The van der Waals surface area contributed by atoms with E-state index in [-0.39, 0.29) is 12.1 Å². The number of hydrogen-bond donors (Lipinski definition) is 1. The van der Waals surface area contributed by atoms with E-state index in [9.17, 15) is 0 Å². The van der Waals surface area contributed by atoms with E-state index in [1.807, 2.05) is 36.5 Å². The molecule has 33 heavy (non-hydrogen) atoms. The summed E-state index contributed by atoms with van der Waals surface area (Å²) in [5.74, 6) is 1.47. The molecule has 1 N–H and O–H groups in total. The first kappa shape index (κ1) is 21.8. The monoisotopic (exact) mass is 462 g/mol. The van der Waals surface area contributed by atoms with E-state index in [0.29, 0.717) is 11.2 Å². The van der Waals surface area contributed by atoms with Crippen LogP contribution < -0.4 is 19.7 Å². The summed E-state index contributed by atoms with van der Waals surface area (Å²) in [7, 11) is 3.34. The average Bonchev–Trinajstić information content (AvgIpc) is 3.49. The zero-order valence-corrected chi connectivity index (χ0v) is 19.9. The van der Waals surface area contributed by atoms with Crippen molar-refractivity contribution < 1.29 is 9.47 Å². The molecule has 2 fully saturated rings. The van der Waals surface area contributed by atoms with E-state index in [1.54, 1.807) is 14.2 Å². The van der Waals surface area contributed by atoms with Crippen LogP contribution in [0, 0.1) is 0 Å². The lowest BCUT2D eigenvalue weighted by Crippen LogP contribution is -2.31. The Labute approximate surface area is 200 Å². The number of anilines is 1. The van der Waals surface area contributed by atoms with Gasteiger partial charge in [0.2, 0.25) is 0 Å². The molecule has 0 amide bonds. The zero-order chi connectivity index (χ0) is 22.8. The van der Waals surface area contributed by atoms with Gasteiger partial charge in [0.05, 0.1) is 31.6 Å². The van der Waals surface area contributed by atoms with E-state index >= 15 is 0 Å². The third kappa shape index (κ3) is 4.06. The molecule has 0 spiro atoms. The Bertz CT molecular complexity index is 1110. The average molecular weight is 463 g/mol. The lowest BCUT2D eigenvalue weighted by atomic mass is 9.94. The fourth-order valence-corrected chi connectivity index (χ4v) is 5.59. The van der Waals surface area contributed by atoms with Gasteiger partial charge in [-0.3, -0.25) is 4.98 Å². The van der Waals surface area contributed by atoms with Crippen LogP contribution in [0.5, 0.6) is 11.5 Å². The summed E-state index contributed by atoms with van der Waals surface area (Å²) in [6.07, 6.45) is 10.4. The minimum Gasteiger partial charge on any atom is -0.497 e. The van der Waals surface area contributed by atoms with Gasteiger partial charge in [-0.1, -0.05) is 25.3 Å². The Morgan fingerprint density at radius 2 is 1.85 bits per heavy atom. The van der Waals surface area contributed by atoms with Crippen LogP contribution in [0.15, 0.2) is 60.9 Å². The van der Waals surface area contributed by atoms with Crippen LogP contribution in [0.2, 0.25) is 0 Å². The van der Waals surface area contributed by atoms with Gasteiger partial charge in [-0.2, -0.15) is 0 Å². The van der Waals surface area contributed by atoms with Crippen molar-refractivity contribution in [3.05, 3.63) is 72.3 Å². The Morgan fingerprint density at radius 3 is 2.58 bits per heavy atom. The maximum atomic E-state index is 5.91. The normalized spacial score (nSPS) is 21.2. The van der Waals surface area contributed by atoms with E-state index in [0.717, 1.165) is 22.9 Å². The van der Waals surface area contributed by atoms with Gasteiger partial charge in [-0.25, -0.2) is 0 Å². The van der Waals surface area contributed by atoms with Gasteiger partial charge < -0.3 is 24.3 Å². The molecule has 1 saturated carbocycles. The van der Waals surface area contributed by atoms with Crippen molar-refractivity contribution in [2.45, 2.75) is 50.2 Å². The van der Waals surface area contributed by atoms with Gasteiger partial charge in [0.1, 0.15) is 17.5 Å². The molecule has 1 aliphatic carbocycles.